The van der Waals surface area contributed by atoms with Crippen LogP contribution in [0, 0.1) is 0 Å². The first kappa shape index (κ1) is 12.8. The highest BCUT2D eigenvalue weighted by molar-refractivity contribution is 5.06. The largest absolute Gasteiger partial charge is 0.360 e. The second-order valence-corrected chi connectivity index (χ2v) is 6.48. The van der Waals surface area contributed by atoms with E-state index >= 15 is 0 Å². The number of nitrogens with zero attached hydrogens (tertiary/aromatic N) is 3. The summed E-state index contributed by atoms with van der Waals surface area (Å²) in [7, 11) is 0. The van der Waals surface area contributed by atoms with Crippen LogP contribution in [-0.4, -0.2) is 53.2 Å². The van der Waals surface area contributed by atoms with Crippen LogP contribution in [0.4, 0.5) is 0 Å². The summed E-state index contributed by atoms with van der Waals surface area (Å²) < 4.78 is 5.46. The minimum atomic E-state index is 0.727. The number of nitrogens with one attached hydrogen (secondary N) is 1. The molecule has 20 heavy (non-hydrogen) atoms. The summed E-state index contributed by atoms with van der Waals surface area (Å²) in [5, 5.41) is 7.63. The first-order valence-corrected chi connectivity index (χ1v) is 8.01. The molecule has 0 spiro atoms. The first-order valence-electron chi connectivity index (χ1n) is 8.01. The Morgan fingerprint density at radius 2 is 1.95 bits per heavy atom. The summed E-state index contributed by atoms with van der Waals surface area (Å²) >= 11 is 0. The molecule has 110 valence electrons. The number of rotatable bonds is 6. The molecule has 4 rings (SSSR count). The minimum absolute atomic E-state index is 0.727. The van der Waals surface area contributed by atoms with Gasteiger partial charge in [0.1, 0.15) is 0 Å². The molecule has 0 radical (unpaired) electrons. The Morgan fingerprint density at radius 1 is 1.15 bits per heavy atom. The fourth-order valence-corrected chi connectivity index (χ4v) is 3.00. The average Bonchev–Trinajstić information content (AvgIpc) is 3.38. The molecule has 0 unspecified atom stereocenters. The lowest BCUT2D eigenvalue weighted by Gasteiger charge is -2.34. The molecular weight excluding hydrogens is 252 g/mol. The monoisotopic (exact) mass is 276 g/mol. The third-order valence-electron chi connectivity index (χ3n) is 4.61. The maximum Gasteiger partial charge on any atom is 0.151 e. The van der Waals surface area contributed by atoms with E-state index in [-0.39, 0.29) is 0 Å². The SMILES string of the molecule is c1c(CNC2CC2)noc1CN1CCN(C2CC2)CC1. The number of aromatic nitrogens is 1. The molecule has 1 aromatic rings. The second kappa shape index (κ2) is 5.47. The van der Waals surface area contributed by atoms with Crippen LogP contribution >= 0.6 is 0 Å². The summed E-state index contributed by atoms with van der Waals surface area (Å²) in [6, 6.07) is 3.75. The van der Waals surface area contributed by atoms with Gasteiger partial charge in [0.15, 0.2) is 5.76 Å². The Bertz CT molecular complexity index is 444. The number of hydrogen-bond acceptors (Lipinski definition) is 5. The van der Waals surface area contributed by atoms with E-state index in [2.05, 4.69) is 26.3 Å². The van der Waals surface area contributed by atoms with Gasteiger partial charge in [0, 0.05) is 50.9 Å². The van der Waals surface area contributed by atoms with Crippen molar-refractivity contribution in [1.29, 1.82) is 0 Å². The Hall–Kier alpha value is -0.910. The Kier molecular flexibility index (Phi) is 3.50. The molecule has 1 saturated heterocycles. The van der Waals surface area contributed by atoms with E-state index in [0.29, 0.717) is 0 Å². The lowest BCUT2D eigenvalue weighted by Crippen LogP contribution is -2.46. The van der Waals surface area contributed by atoms with Gasteiger partial charge < -0.3 is 9.84 Å². The molecule has 0 bridgehead atoms. The van der Waals surface area contributed by atoms with Gasteiger partial charge in [-0.15, -0.1) is 0 Å². The van der Waals surface area contributed by atoms with E-state index in [1.165, 1.54) is 38.8 Å². The summed E-state index contributed by atoms with van der Waals surface area (Å²) in [5.41, 5.74) is 1.04. The molecule has 0 amide bonds. The van der Waals surface area contributed by atoms with Crippen molar-refractivity contribution < 1.29 is 4.52 Å². The van der Waals surface area contributed by atoms with Crippen LogP contribution in [0.3, 0.4) is 0 Å². The molecule has 0 atom stereocenters. The molecule has 2 aliphatic carbocycles. The molecular formula is C15H24N4O. The van der Waals surface area contributed by atoms with Crippen molar-refractivity contribution >= 4 is 0 Å². The highest BCUT2D eigenvalue weighted by atomic mass is 16.5. The maximum absolute atomic E-state index is 5.46. The van der Waals surface area contributed by atoms with Crippen LogP contribution in [0.15, 0.2) is 10.6 Å². The van der Waals surface area contributed by atoms with Gasteiger partial charge in [0.25, 0.3) is 0 Å². The van der Waals surface area contributed by atoms with Crippen molar-refractivity contribution in [2.45, 2.75) is 50.9 Å². The van der Waals surface area contributed by atoms with Crippen molar-refractivity contribution in [2.75, 3.05) is 26.2 Å². The van der Waals surface area contributed by atoms with Gasteiger partial charge in [0.2, 0.25) is 0 Å². The highest BCUT2D eigenvalue weighted by Gasteiger charge is 2.31. The van der Waals surface area contributed by atoms with E-state index in [1.54, 1.807) is 0 Å². The molecule has 0 aromatic carbocycles. The molecule has 1 N–H and O–H groups in total. The van der Waals surface area contributed by atoms with Crippen LogP contribution in [0.1, 0.15) is 37.1 Å². The zero-order valence-electron chi connectivity index (χ0n) is 12.1. The van der Waals surface area contributed by atoms with Gasteiger partial charge in [-0.2, -0.15) is 0 Å². The lowest BCUT2D eigenvalue weighted by atomic mass is 10.2. The van der Waals surface area contributed by atoms with Gasteiger partial charge in [-0.25, -0.2) is 0 Å². The quantitative estimate of drug-likeness (QED) is 0.846. The van der Waals surface area contributed by atoms with E-state index in [4.69, 9.17) is 4.52 Å². The average molecular weight is 276 g/mol. The Morgan fingerprint density at radius 3 is 2.65 bits per heavy atom. The van der Waals surface area contributed by atoms with Crippen molar-refractivity contribution in [2.24, 2.45) is 0 Å². The summed E-state index contributed by atoms with van der Waals surface area (Å²) in [6.07, 6.45) is 5.46. The van der Waals surface area contributed by atoms with Crippen molar-refractivity contribution in [1.82, 2.24) is 20.3 Å². The number of hydrogen-bond donors (Lipinski definition) is 1. The van der Waals surface area contributed by atoms with E-state index in [9.17, 15) is 0 Å². The Balaban J connectivity index is 1.24. The zero-order valence-corrected chi connectivity index (χ0v) is 12.1. The highest BCUT2D eigenvalue weighted by Crippen LogP contribution is 2.27. The smallest absolute Gasteiger partial charge is 0.151 e. The van der Waals surface area contributed by atoms with Crippen molar-refractivity contribution in [3.63, 3.8) is 0 Å². The summed E-state index contributed by atoms with van der Waals surface area (Å²) in [5.74, 6) is 1.01. The standard InChI is InChI=1S/C15H24N4O/c1-2-12(1)16-10-13-9-15(20-17-13)11-18-5-7-19(8-6-18)14-3-4-14/h9,12,14,16H,1-8,10-11H2. The fraction of sp³-hybridized carbons (Fsp3) is 0.800. The van der Waals surface area contributed by atoms with Gasteiger partial charge in [-0.1, -0.05) is 5.16 Å². The van der Waals surface area contributed by atoms with E-state index in [0.717, 1.165) is 49.7 Å². The predicted octanol–water partition coefficient (Wildman–Crippen LogP) is 1.21. The van der Waals surface area contributed by atoms with Crippen molar-refractivity contribution in [3.8, 4) is 0 Å². The molecule has 2 heterocycles. The van der Waals surface area contributed by atoms with Crippen LogP contribution in [0.25, 0.3) is 0 Å². The number of piperazine rings is 1. The molecule has 1 aliphatic heterocycles. The molecule has 5 heteroatoms. The van der Waals surface area contributed by atoms with Crippen LogP contribution in [-0.2, 0) is 13.1 Å². The zero-order chi connectivity index (χ0) is 13.4. The van der Waals surface area contributed by atoms with Gasteiger partial charge in [-0.05, 0) is 25.7 Å². The lowest BCUT2D eigenvalue weighted by molar-refractivity contribution is 0.113. The van der Waals surface area contributed by atoms with Crippen LogP contribution in [0.5, 0.6) is 0 Å². The predicted molar refractivity (Wildman–Crippen MR) is 76.2 cm³/mol. The second-order valence-electron chi connectivity index (χ2n) is 6.48. The Labute approximate surface area is 120 Å². The van der Waals surface area contributed by atoms with Gasteiger partial charge in [0.05, 0.1) is 12.2 Å². The normalized spacial score (nSPS) is 25.2. The maximum atomic E-state index is 5.46. The van der Waals surface area contributed by atoms with E-state index < -0.39 is 0 Å². The molecule has 3 fully saturated rings. The molecule has 5 nitrogen and oxygen atoms in total. The summed E-state index contributed by atoms with van der Waals surface area (Å²) in [6.45, 7) is 6.52. The van der Waals surface area contributed by atoms with Crippen molar-refractivity contribution in [3.05, 3.63) is 17.5 Å². The topological polar surface area (TPSA) is 44.5 Å². The third-order valence-corrected chi connectivity index (χ3v) is 4.61. The van der Waals surface area contributed by atoms with Crippen LogP contribution in [0.2, 0.25) is 0 Å². The fourth-order valence-electron chi connectivity index (χ4n) is 3.00. The van der Waals surface area contributed by atoms with Gasteiger partial charge in [-0.3, -0.25) is 9.80 Å². The first-order chi connectivity index (χ1) is 9.87. The molecule has 3 aliphatic rings. The third kappa shape index (κ3) is 3.22. The molecule has 1 aromatic heterocycles. The summed E-state index contributed by atoms with van der Waals surface area (Å²) in [4.78, 5) is 5.12. The van der Waals surface area contributed by atoms with Crippen LogP contribution < -0.4 is 5.32 Å². The van der Waals surface area contributed by atoms with E-state index in [1.807, 2.05) is 0 Å². The van der Waals surface area contributed by atoms with Gasteiger partial charge >= 0.3 is 0 Å². The minimum Gasteiger partial charge on any atom is -0.360 e. The molecule has 2 saturated carbocycles.